The number of hydrogen-bond donors (Lipinski definition) is 3. The SMILES string of the molecule is CC(C)(C)CC(NC(=O)c1cc2ccc(Cl)cc2[nH]1)C(=O)N1CC2CC1(C)CN2C(=O)c1cc2c(F)cccc2[nH]1. The zero-order chi connectivity index (χ0) is 29.3. The van der Waals surface area contributed by atoms with Gasteiger partial charge in [0.25, 0.3) is 11.8 Å². The van der Waals surface area contributed by atoms with Gasteiger partial charge in [0.15, 0.2) is 0 Å². The molecule has 3 N–H and O–H groups in total. The lowest BCUT2D eigenvalue weighted by Crippen LogP contribution is -2.60. The number of rotatable bonds is 5. The molecule has 8 nitrogen and oxygen atoms in total. The summed E-state index contributed by atoms with van der Waals surface area (Å²) in [5, 5.41) is 4.78. The van der Waals surface area contributed by atoms with Crippen molar-refractivity contribution in [1.29, 1.82) is 0 Å². The number of nitrogens with one attached hydrogen (secondary N) is 3. The van der Waals surface area contributed by atoms with Crippen LogP contribution in [0.2, 0.25) is 5.02 Å². The molecule has 0 aliphatic carbocycles. The zero-order valence-electron chi connectivity index (χ0n) is 23.5. The van der Waals surface area contributed by atoms with E-state index < -0.39 is 11.6 Å². The van der Waals surface area contributed by atoms with Crippen molar-refractivity contribution in [1.82, 2.24) is 25.1 Å². The number of halogens is 2. The molecule has 0 spiro atoms. The number of benzene rings is 2. The van der Waals surface area contributed by atoms with Crippen LogP contribution in [0.15, 0.2) is 48.5 Å². The Hall–Kier alpha value is -3.85. The number of piperazine rings is 1. The van der Waals surface area contributed by atoms with Gasteiger partial charge < -0.3 is 25.1 Å². The first kappa shape index (κ1) is 27.3. The van der Waals surface area contributed by atoms with E-state index in [0.29, 0.717) is 53.2 Å². The van der Waals surface area contributed by atoms with Gasteiger partial charge in [0.05, 0.1) is 11.6 Å². The number of carbonyl (C=O) groups excluding carboxylic acids is 3. The van der Waals surface area contributed by atoms with E-state index in [9.17, 15) is 18.8 Å². The van der Waals surface area contributed by atoms with E-state index >= 15 is 0 Å². The first-order valence-electron chi connectivity index (χ1n) is 13.8. The van der Waals surface area contributed by atoms with Gasteiger partial charge in [-0.25, -0.2) is 4.39 Å². The highest BCUT2D eigenvalue weighted by molar-refractivity contribution is 6.31. The average Bonchev–Trinajstić information content (AvgIpc) is 3.66. The maximum Gasteiger partial charge on any atom is 0.270 e. The molecule has 0 radical (unpaired) electrons. The summed E-state index contributed by atoms with van der Waals surface area (Å²) < 4.78 is 14.2. The van der Waals surface area contributed by atoms with Crippen LogP contribution in [0.4, 0.5) is 4.39 Å². The molecular formula is C31H33ClFN5O3. The summed E-state index contributed by atoms with van der Waals surface area (Å²) >= 11 is 6.10. The lowest BCUT2D eigenvalue weighted by Gasteiger charge is -2.42. The number of aromatic nitrogens is 2. The molecule has 3 amide bonds. The van der Waals surface area contributed by atoms with Crippen molar-refractivity contribution in [2.75, 3.05) is 13.1 Å². The molecule has 4 aromatic rings. The van der Waals surface area contributed by atoms with Gasteiger partial charge in [-0.05, 0) is 61.6 Å². The van der Waals surface area contributed by atoms with E-state index in [2.05, 4.69) is 15.3 Å². The number of nitrogens with zero attached hydrogens (tertiary/aromatic N) is 2. The van der Waals surface area contributed by atoms with Crippen LogP contribution < -0.4 is 5.32 Å². The largest absolute Gasteiger partial charge is 0.350 e. The predicted octanol–water partition coefficient (Wildman–Crippen LogP) is 5.49. The van der Waals surface area contributed by atoms with Crippen molar-refractivity contribution in [3.8, 4) is 0 Å². The number of carbonyl (C=O) groups is 3. The normalized spacial score (nSPS) is 21.2. The van der Waals surface area contributed by atoms with Crippen LogP contribution in [-0.2, 0) is 4.79 Å². The molecule has 2 saturated heterocycles. The molecule has 2 aromatic carbocycles. The summed E-state index contributed by atoms with van der Waals surface area (Å²) in [5.74, 6) is -1.11. The molecule has 3 unspecified atom stereocenters. The second-order valence-electron chi connectivity index (χ2n) is 12.8. The second-order valence-corrected chi connectivity index (χ2v) is 13.3. The highest BCUT2D eigenvalue weighted by Crippen LogP contribution is 2.41. The van der Waals surface area contributed by atoms with E-state index in [4.69, 9.17) is 11.6 Å². The molecule has 10 heteroatoms. The summed E-state index contributed by atoms with van der Waals surface area (Å²) in [5.41, 5.74) is 1.20. The zero-order valence-corrected chi connectivity index (χ0v) is 24.2. The number of likely N-dealkylation sites (tertiary alicyclic amines) is 2. The lowest BCUT2D eigenvalue weighted by molar-refractivity contribution is -0.139. The van der Waals surface area contributed by atoms with Crippen LogP contribution in [-0.4, -0.2) is 68.2 Å². The van der Waals surface area contributed by atoms with Crippen molar-refractivity contribution >= 4 is 51.1 Å². The number of fused-ring (bicyclic) bond motifs is 4. The smallest absolute Gasteiger partial charge is 0.270 e. The molecule has 3 atom stereocenters. The van der Waals surface area contributed by atoms with E-state index in [-0.39, 0.29) is 35.0 Å². The Kier molecular flexibility index (Phi) is 6.41. The molecule has 41 heavy (non-hydrogen) atoms. The molecule has 6 rings (SSSR count). The fourth-order valence-corrected chi connectivity index (χ4v) is 6.58. The van der Waals surface area contributed by atoms with Gasteiger partial charge in [0.2, 0.25) is 5.91 Å². The minimum atomic E-state index is -0.741. The molecule has 214 valence electrons. The Morgan fingerprint density at radius 3 is 2.54 bits per heavy atom. The van der Waals surface area contributed by atoms with E-state index in [1.54, 1.807) is 41.3 Å². The topological polar surface area (TPSA) is 101 Å². The summed E-state index contributed by atoms with van der Waals surface area (Å²) in [6.07, 6.45) is 1.09. The Morgan fingerprint density at radius 2 is 1.85 bits per heavy atom. The van der Waals surface area contributed by atoms with Gasteiger partial charge in [0.1, 0.15) is 23.2 Å². The number of hydrogen-bond acceptors (Lipinski definition) is 3. The minimum Gasteiger partial charge on any atom is -0.350 e. The summed E-state index contributed by atoms with van der Waals surface area (Å²) in [7, 11) is 0. The van der Waals surface area contributed by atoms with Crippen LogP contribution in [0.25, 0.3) is 21.8 Å². The Labute approximate surface area is 242 Å². The lowest BCUT2D eigenvalue weighted by atomic mass is 9.87. The van der Waals surface area contributed by atoms with Crippen molar-refractivity contribution in [2.45, 2.75) is 58.2 Å². The second kappa shape index (κ2) is 9.62. The van der Waals surface area contributed by atoms with E-state index in [0.717, 1.165) is 10.9 Å². The van der Waals surface area contributed by atoms with Gasteiger partial charge in [-0.1, -0.05) is 44.5 Å². The predicted molar refractivity (Wildman–Crippen MR) is 156 cm³/mol. The van der Waals surface area contributed by atoms with Crippen molar-refractivity contribution in [3.05, 3.63) is 70.8 Å². The fraction of sp³-hybridized carbons (Fsp3) is 0.387. The van der Waals surface area contributed by atoms with E-state index in [1.165, 1.54) is 6.07 Å². The summed E-state index contributed by atoms with van der Waals surface area (Å²) in [4.78, 5) is 50.6. The van der Waals surface area contributed by atoms with Gasteiger partial charge >= 0.3 is 0 Å². The van der Waals surface area contributed by atoms with Crippen LogP contribution in [0, 0.1) is 11.2 Å². The van der Waals surface area contributed by atoms with Crippen LogP contribution in [0.1, 0.15) is 61.5 Å². The Morgan fingerprint density at radius 1 is 1.10 bits per heavy atom. The van der Waals surface area contributed by atoms with Crippen LogP contribution >= 0.6 is 11.6 Å². The maximum atomic E-state index is 14.2. The maximum absolute atomic E-state index is 14.2. The molecule has 2 aliphatic rings. The first-order valence-corrected chi connectivity index (χ1v) is 14.2. The van der Waals surface area contributed by atoms with Gasteiger partial charge in [0, 0.05) is 39.9 Å². The molecule has 2 aliphatic heterocycles. The third kappa shape index (κ3) is 4.96. The molecule has 4 heterocycles. The summed E-state index contributed by atoms with van der Waals surface area (Å²) in [6.45, 7) is 8.82. The minimum absolute atomic E-state index is 0.155. The van der Waals surface area contributed by atoms with Crippen molar-refractivity contribution < 1.29 is 18.8 Å². The van der Waals surface area contributed by atoms with Crippen molar-refractivity contribution in [3.63, 3.8) is 0 Å². The Bertz CT molecular complexity index is 1700. The molecule has 2 aromatic heterocycles. The Balaban J connectivity index is 1.20. The molecule has 0 saturated carbocycles. The standard InChI is InChI=1S/C31H33ClFN5O3/c1-30(2,3)14-26(36-27(39)24-10-17-8-9-18(32)11-23(17)35-24)29(41)38-15-19-13-31(38,4)16-37(19)28(40)25-12-20-21(33)6-5-7-22(20)34-25/h5-12,19,26,34-35H,13-16H2,1-4H3,(H,36,39). The fourth-order valence-electron chi connectivity index (χ4n) is 6.41. The third-order valence-electron chi connectivity index (χ3n) is 8.29. The highest BCUT2D eigenvalue weighted by Gasteiger charge is 2.56. The molecular weight excluding hydrogens is 545 g/mol. The van der Waals surface area contributed by atoms with Gasteiger partial charge in [-0.2, -0.15) is 0 Å². The third-order valence-corrected chi connectivity index (χ3v) is 8.52. The number of aromatic amines is 2. The van der Waals surface area contributed by atoms with E-state index in [1.807, 2.05) is 38.7 Å². The van der Waals surface area contributed by atoms with Gasteiger partial charge in [-0.15, -0.1) is 0 Å². The quantitative estimate of drug-likeness (QED) is 0.292. The number of amides is 3. The van der Waals surface area contributed by atoms with Crippen LogP contribution in [0.3, 0.4) is 0 Å². The monoisotopic (exact) mass is 577 g/mol. The number of H-pyrrole nitrogens is 2. The first-order chi connectivity index (χ1) is 19.3. The molecule has 2 fully saturated rings. The molecule has 2 bridgehead atoms. The van der Waals surface area contributed by atoms with Gasteiger partial charge in [-0.3, -0.25) is 14.4 Å². The average molecular weight is 578 g/mol. The summed E-state index contributed by atoms with van der Waals surface area (Å²) in [6, 6.07) is 12.5. The van der Waals surface area contributed by atoms with Crippen molar-refractivity contribution in [2.24, 2.45) is 5.41 Å². The highest BCUT2D eigenvalue weighted by atomic mass is 35.5. The van der Waals surface area contributed by atoms with Crippen LogP contribution in [0.5, 0.6) is 0 Å².